The number of aromatic nitrogens is 2. The summed E-state index contributed by atoms with van der Waals surface area (Å²) in [5, 5.41) is 2.85. The summed E-state index contributed by atoms with van der Waals surface area (Å²) in [4.78, 5) is 31.1. The van der Waals surface area contributed by atoms with Crippen LogP contribution in [0.5, 0.6) is 5.75 Å². The molecule has 0 aliphatic carbocycles. The number of hydrogen-bond donors (Lipinski definition) is 1. The summed E-state index contributed by atoms with van der Waals surface area (Å²) in [5.74, 6) is 0.650. The average Bonchev–Trinajstić information content (AvgIpc) is 2.95. The summed E-state index contributed by atoms with van der Waals surface area (Å²) in [7, 11) is 0. The van der Waals surface area contributed by atoms with Gasteiger partial charge in [-0.1, -0.05) is 24.3 Å². The van der Waals surface area contributed by atoms with Crippen molar-refractivity contribution in [2.24, 2.45) is 0 Å². The highest BCUT2D eigenvalue weighted by molar-refractivity contribution is 6.03. The molecule has 1 N–H and O–H groups in total. The number of carbonyl (C=O) groups is 2. The van der Waals surface area contributed by atoms with Gasteiger partial charge >= 0.3 is 0 Å². The van der Waals surface area contributed by atoms with Crippen LogP contribution in [0.1, 0.15) is 13.3 Å². The number of nitrogens with zero attached hydrogens (tertiary/aromatic N) is 3. The fourth-order valence-electron chi connectivity index (χ4n) is 3.29. The Morgan fingerprint density at radius 1 is 1.19 bits per heavy atom. The van der Waals surface area contributed by atoms with Crippen LogP contribution in [0.25, 0.3) is 11.0 Å². The zero-order chi connectivity index (χ0) is 18.8. The maximum Gasteiger partial charge on any atom is 0.246 e. The van der Waals surface area contributed by atoms with Gasteiger partial charge in [-0.05, 0) is 31.2 Å². The molecule has 0 unspecified atom stereocenters. The summed E-state index contributed by atoms with van der Waals surface area (Å²) < 4.78 is 7.55. The number of hydrogen-bond acceptors (Lipinski definition) is 4. The normalized spacial score (nSPS) is 13.8. The molecule has 1 aliphatic rings. The van der Waals surface area contributed by atoms with E-state index in [0.29, 0.717) is 30.5 Å². The number of benzene rings is 2. The smallest absolute Gasteiger partial charge is 0.246 e. The van der Waals surface area contributed by atoms with Crippen LogP contribution in [0.2, 0.25) is 0 Å². The third-order valence-electron chi connectivity index (χ3n) is 4.55. The minimum absolute atomic E-state index is 0.0911. The molecule has 2 amide bonds. The third-order valence-corrected chi connectivity index (χ3v) is 4.55. The Morgan fingerprint density at radius 3 is 2.81 bits per heavy atom. The lowest BCUT2D eigenvalue weighted by Gasteiger charge is -2.21. The van der Waals surface area contributed by atoms with Gasteiger partial charge < -0.3 is 9.30 Å². The summed E-state index contributed by atoms with van der Waals surface area (Å²) in [5.41, 5.74) is 2.39. The second-order valence-electron chi connectivity index (χ2n) is 6.26. The van der Waals surface area contributed by atoms with Gasteiger partial charge in [0.05, 0.1) is 29.7 Å². The highest BCUT2D eigenvalue weighted by Crippen LogP contribution is 2.30. The Bertz CT molecular complexity index is 1010. The molecule has 0 bridgehead atoms. The molecule has 4 rings (SSSR count). The molecule has 2 heterocycles. The molecule has 2 aromatic carbocycles. The first kappa shape index (κ1) is 17.1. The van der Waals surface area contributed by atoms with E-state index >= 15 is 0 Å². The van der Waals surface area contributed by atoms with E-state index < -0.39 is 0 Å². The lowest BCUT2D eigenvalue weighted by molar-refractivity contribution is -0.121. The zero-order valence-electron chi connectivity index (χ0n) is 15.0. The molecular weight excluding hydrogens is 344 g/mol. The first-order valence-corrected chi connectivity index (χ1v) is 8.94. The van der Waals surface area contributed by atoms with E-state index in [1.165, 1.54) is 4.90 Å². The molecule has 1 aromatic heterocycles. The molecule has 138 valence electrons. The van der Waals surface area contributed by atoms with E-state index in [2.05, 4.69) is 10.3 Å². The van der Waals surface area contributed by atoms with Crippen LogP contribution < -0.4 is 15.0 Å². The van der Waals surface area contributed by atoms with Crippen molar-refractivity contribution in [2.45, 2.75) is 19.9 Å². The highest BCUT2D eigenvalue weighted by atomic mass is 16.5. The van der Waals surface area contributed by atoms with Crippen LogP contribution >= 0.6 is 0 Å². The van der Waals surface area contributed by atoms with E-state index in [-0.39, 0.29) is 24.8 Å². The maximum atomic E-state index is 12.7. The van der Waals surface area contributed by atoms with Gasteiger partial charge in [0.15, 0.2) is 0 Å². The van der Waals surface area contributed by atoms with Crippen molar-refractivity contribution in [3.63, 3.8) is 0 Å². The van der Waals surface area contributed by atoms with Gasteiger partial charge in [0.25, 0.3) is 0 Å². The monoisotopic (exact) mass is 364 g/mol. The molecule has 27 heavy (non-hydrogen) atoms. The quantitative estimate of drug-likeness (QED) is 0.772. The van der Waals surface area contributed by atoms with Crippen LogP contribution in [-0.4, -0.2) is 34.5 Å². The number of carbonyl (C=O) groups excluding carboxylic acids is 2. The number of para-hydroxylation sites is 4. The van der Waals surface area contributed by atoms with Gasteiger partial charge in [-0.25, -0.2) is 4.98 Å². The molecule has 0 radical (unpaired) electrons. The third kappa shape index (κ3) is 3.23. The number of anilines is 2. The molecule has 7 heteroatoms. The lowest BCUT2D eigenvalue weighted by atomic mass is 10.2. The number of rotatable bonds is 4. The fourth-order valence-corrected chi connectivity index (χ4v) is 3.29. The van der Waals surface area contributed by atoms with Crippen molar-refractivity contribution in [3.05, 3.63) is 48.5 Å². The van der Waals surface area contributed by atoms with Gasteiger partial charge in [0.2, 0.25) is 17.8 Å². The van der Waals surface area contributed by atoms with Gasteiger partial charge in [0, 0.05) is 6.54 Å². The number of fused-ring (bicyclic) bond motifs is 2. The van der Waals surface area contributed by atoms with E-state index in [1.54, 1.807) is 12.1 Å². The first-order valence-electron chi connectivity index (χ1n) is 8.94. The van der Waals surface area contributed by atoms with Gasteiger partial charge in [-0.2, -0.15) is 0 Å². The number of nitrogens with one attached hydrogen (secondary N) is 1. The van der Waals surface area contributed by atoms with Crippen molar-refractivity contribution >= 4 is 34.5 Å². The average molecular weight is 364 g/mol. The number of imidazole rings is 1. The largest absolute Gasteiger partial charge is 0.491 e. The summed E-state index contributed by atoms with van der Waals surface area (Å²) >= 11 is 0. The minimum Gasteiger partial charge on any atom is -0.491 e. The predicted octanol–water partition coefficient (Wildman–Crippen LogP) is 2.81. The Hall–Kier alpha value is -3.35. The highest BCUT2D eigenvalue weighted by Gasteiger charge is 2.25. The number of amides is 2. The van der Waals surface area contributed by atoms with Crippen LogP contribution in [0, 0.1) is 0 Å². The molecule has 0 fully saturated rings. The second kappa shape index (κ2) is 7.11. The molecule has 0 saturated heterocycles. The Morgan fingerprint density at radius 2 is 1.96 bits per heavy atom. The molecule has 0 spiro atoms. The topological polar surface area (TPSA) is 76.5 Å². The van der Waals surface area contributed by atoms with Crippen molar-refractivity contribution in [1.82, 2.24) is 9.55 Å². The van der Waals surface area contributed by atoms with Crippen LogP contribution in [0.3, 0.4) is 0 Å². The van der Waals surface area contributed by atoms with Crippen LogP contribution in [0.4, 0.5) is 11.6 Å². The van der Waals surface area contributed by atoms with Crippen LogP contribution in [0.15, 0.2) is 48.5 Å². The molecule has 7 nitrogen and oxygen atoms in total. The molecule has 0 atom stereocenters. The molecule has 0 saturated carbocycles. The zero-order valence-corrected chi connectivity index (χ0v) is 15.0. The van der Waals surface area contributed by atoms with E-state index in [4.69, 9.17) is 4.74 Å². The number of aryl methyl sites for hydroxylation is 1. The first-order chi connectivity index (χ1) is 13.2. The summed E-state index contributed by atoms with van der Waals surface area (Å²) in [6, 6.07) is 15.0. The van der Waals surface area contributed by atoms with Crippen LogP contribution in [-0.2, 0) is 16.1 Å². The fraction of sp³-hybridized carbons (Fsp3) is 0.250. The Kier molecular flexibility index (Phi) is 4.50. The second-order valence-corrected chi connectivity index (χ2v) is 6.26. The van der Waals surface area contributed by atoms with Gasteiger partial charge in [0.1, 0.15) is 12.3 Å². The Labute approximate surface area is 156 Å². The van der Waals surface area contributed by atoms with E-state index in [1.807, 2.05) is 47.9 Å². The van der Waals surface area contributed by atoms with Crippen molar-refractivity contribution in [1.29, 1.82) is 0 Å². The maximum absolute atomic E-state index is 12.7. The minimum atomic E-state index is -0.301. The van der Waals surface area contributed by atoms with Crippen molar-refractivity contribution < 1.29 is 14.3 Å². The van der Waals surface area contributed by atoms with Gasteiger partial charge in [-0.3, -0.25) is 19.8 Å². The summed E-state index contributed by atoms with van der Waals surface area (Å²) in [6.45, 7) is 2.89. The lowest BCUT2D eigenvalue weighted by Crippen LogP contribution is -2.38. The van der Waals surface area contributed by atoms with Crippen molar-refractivity contribution in [2.75, 3.05) is 23.4 Å². The van der Waals surface area contributed by atoms with Crippen molar-refractivity contribution in [3.8, 4) is 5.75 Å². The standard InChI is InChI=1S/C20H20N4O3/c1-2-23-15-8-4-3-7-14(15)21-20(23)22-18(25)13-24-16-9-5-6-10-17(16)27-12-11-19(24)26/h3-10H,2,11-13H2,1H3,(H,21,22,25). The molecular formula is C20H20N4O3. The van der Waals surface area contributed by atoms with Gasteiger partial charge in [-0.15, -0.1) is 0 Å². The molecule has 3 aromatic rings. The van der Waals surface area contributed by atoms with E-state index in [9.17, 15) is 9.59 Å². The van der Waals surface area contributed by atoms with E-state index in [0.717, 1.165) is 11.0 Å². The predicted molar refractivity (Wildman–Crippen MR) is 103 cm³/mol. The SMILES string of the molecule is CCn1c(NC(=O)CN2C(=O)CCOc3ccccc32)nc2ccccc21. The molecule has 1 aliphatic heterocycles. The number of ether oxygens (including phenoxy) is 1. The summed E-state index contributed by atoms with van der Waals surface area (Å²) in [6.07, 6.45) is 0.232. The Balaban J connectivity index is 1.59.